The Balaban J connectivity index is 2.68. The fourth-order valence-electron chi connectivity index (χ4n) is 1.20. The van der Waals surface area contributed by atoms with Crippen molar-refractivity contribution in [1.82, 2.24) is 0 Å². The molecule has 0 aromatic carbocycles. The van der Waals surface area contributed by atoms with Gasteiger partial charge in [0.05, 0.1) is 0 Å². The van der Waals surface area contributed by atoms with Gasteiger partial charge in [-0.25, -0.2) is 0 Å². The maximum Gasteiger partial charge on any atom is -0.00956 e. The molecule has 0 nitrogen and oxygen atoms in total. The van der Waals surface area contributed by atoms with Crippen molar-refractivity contribution < 1.29 is 0 Å². The second kappa shape index (κ2) is 3.29. The van der Waals surface area contributed by atoms with Crippen LogP contribution in [0.2, 0.25) is 0 Å². The van der Waals surface area contributed by atoms with Gasteiger partial charge in [0.1, 0.15) is 0 Å². The molecule has 0 heterocycles. The molecule has 0 spiro atoms. The molecule has 1 aliphatic rings. The molecule has 1 atom stereocenters. The van der Waals surface area contributed by atoms with E-state index < -0.39 is 0 Å². The first-order valence-corrected chi connectivity index (χ1v) is 4.27. The van der Waals surface area contributed by atoms with Gasteiger partial charge in [0.25, 0.3) is 0 Å². The summed E-state index contributed by atoms with van der Waals surface area (Å²) in [5, 5.41) is 0. The van der Waals surface area contributed by atoms with Crippen molar-refractivity contribution in [1.29, 1.82) is 0 Å². The van der Waals surface area contributed by atoms with Crippen LogP contribution in [0, 0.1) is 5.92 Å². The molecule has 0 saturated heterocycles. The van der Waals surface area contributed by atoms with Gasteiger partial charge in [-0.1, -0.05) is 31.6 Å². The fourth-order valence-corrected chi connectivity index (χ4v) is 1.36. The highest BCUT2D eigenvalue weighted by Gasteiger charge is 2.10. The molecule has 0 aliphatic heterocycles. The Kier molecular flexibility index (Phi) is 2.61. The van der Waals surface area contributed by atoms with Gasteiger partial charge in [-0.2, -0.15) is 0 Å². The maximum atomic E-state index is 4.35. The van der Waals surface area contributed by atoms with Crippen LogP contribution in [-0.2, 0) is 0 Å². The van der Waals surface area contributed by atoms with Gasteiger partial charge in [-0.05, 0) is 23.7 Å². The first kappa shape index (κ1) is 7.93. The molecule has 0 saturated carbocycles. The SMILES string of the molecule is CCC1=CC=C(S)C(C)C1. The van der Waals surface area contributed by atoms with E-state index in [9.17, 15) is 0 Å². The lowest BCUT2D eigenvalue weighted by Gasteiger charge is -2.16. The summed E-state index contributed by atoms with van der Waals surface area (Å²) < 4.78 is 0. The van der Waals surface area contributed by atoms with E-state index in [1.54, 1.807) is 5.57 Å². The zero-order valence-electron chi connectivity index (χ0n) is 6.59. The van der Waals surface area contributed by atoms with E-state index in [-0.39, 0.29) is 0 Å². The molecule has 0 N–H and O–H groups in total. The highest BCUT2D eigenvalue weighted by Crippen LogP contribution is 2.27. The number of hydrogen-bond acceptors (Lipinski definition) is 1. The molecule has 1 heteroatoms. The van der Waals surface area contributed by atoms with Crippen molar-refractivity contribution >= 4 is 12.6 Å². The lowest BCUT2D eigenvalue weighted by Crippen LogP contribution is -2.00. The summed E-state index contributed by atoms with van der Waals surface area (Å²) in [6.07, 6.45) is 6.70. The molecule has 0 radical (unpaired) electrons. The maximum absolute atomic E-state index is 4.35. The van der Waals surface area contributed by atoms with Gasteiger partial charge in [-0.15, -0.1) is 12.6 Å². The van der Waals surface area contributed by atoms with Gasteiger partial charge in [0, 0.05) is 0 Å². The Morgan fingerprint density at radius 2 is 2.30 bits per heavy atom. The first-order valence-electron chi connectivity index (χ1n) is 3.82. The average Bonchev–Trinajstić information content (AvgIpc) is 1.95. The second-order valence-corrected chi connectivity index (χ2v) is 3.39. The van der Waals surface area contributed by atoms with Gasteiger partial charge in [0.2, 0.25) is 0 Å². The van der Waals surface area contributed by atoms with Crippen molar-refractivity contribution in [3.8, 4) is 0 Å². The van der Waals surface area contributed by atoms with E-state index >= 15 is 0 Å². The Hall–Kier alpha value is -0.170. The Morgan fingerprint density at radius 1 is 1.60 bits per heavy atom. The van der Waals surface area contributed by atoms with Gasteiger partial charge in [0.15, 0.2) is 0 Å². The normalized spacial score (nSPS) is 25.7. The van der Waals surface area contributed by atoms with Crippen molar-refractivity contribution in [3.63, 3.8) is 0 Å². The molecular weight excluding hydrogens is 140 g/mol. The Bertz CT molecular complexity index is 177. The predicted molar refractivity (Wildman–Crippen MR) is 49.2 cm³/mol. The lowest BCUT2D eigenvalue weighted by molar-refractivity contribution is 0.680. The van der Waals surface area contributed by atoms with E-state index in [1.807, 2.05) is 0 Å². The lowest BCUT2D eigenvalue weighted by atomic mass is 9.94. The zero-order valence-corrected chi connectivity index (χ0v) is 7.49. The molecule has 1 aliphatic carbocycles. The quantitative estimate of drug-likeness (QED) is 0.551. The van der Waals surface area contributed by atoms with Crippen LogP contribution in [0.25, 0.3) is 0 Å². The molecule has 0 amide bonds. The summed E-state index contributed by atoms with van der Waals surface area (Å²) in [6.45, 7) is 4.43. The third kappa shape index (κ3) is 1.66. The molecule has 0 aromatic rings. The fraction of sp³-hybridized carbons (Fsp3) is 0.556. The van der Waals surface area contributed by atoms with Gasteiger partial charge < -0.3 is 0 Å². The van der Waals surface area contributed by atoms with E-state index in [4.69, 9.17) is 0 Å². The second-order valence-electron chi connectivity index (χ2n) is 2.88. The molecule has 0 fully saturated rings. The van der Waals surface area contributed by atoms with Crippen LogP contribution in [0.3, 0.4) is 0 Å². The third-order valence-electron chi connectivity index (χ3n) is 2.02. The van der Waals surface area contributed by atoms with Crippen molar-refractivity contribution in [2.45, 2.75) is 26.7 Å². The minimum absolute atomic E-state index is 0.642. The average molecular weight is 154 g/mol. The molecule has 1 rings (SSSR count). The smallest absolute Gasteiger partial charge is 0.00956 e. The summed E-state index contributed by atoms with van der Waals surface area (Å²) >= 11 is 4.35. The van der Waals surface area contributed by atoms with Crippen LogP contribution in [0.4, 0.5) is 0 Å². The molecule has 10 heavy (non-hydrogen) atoms. The van der Waals surface area contributed by atoms with E-state index in [1.165, 1.54) is 17.7 Å². The van der Waals surface area contributed by atoms with E-state index in [2.05, 4.69) is 38.6 Å². The summed E-state index contributed by atoms with van der Waals surface area (Å²) in [7, 11) is 0. The van der Waals surface area contributed by atoms with Gasteiger partial charge >= 0.3 is 0 Å². The van der Waals surface area contributed by atoms with Crippen LogP contribution in [-0.4, -0.2) is 0 Å². The van der Waals surface area contributed by atoms with Crippen molar-refractivity contribution in [2.24, 2.45) is 5.92 Å². The minimum Gasteiger partial charge on any atom is -0.148 e. The summed E-state index contributed by atoms with van der Waals surface area (Å²) in [6, 6.07) is 0. The number of allylic oxidation sites excluding steroid dienone is 4. The monoisotopic (exact) mass is 154 g/mol. The Morgan fingerprint density at radius 3 is 2.80 bits per heavy atom. The summed E-state index contributed by atoms with van der Waals surface area (Å²) in [4.78, 5) is 1.22. The highest BCUT2D eigenvalue weighted by molar-refractivity contribution is 7.84. The molecule has 0 aromatic heterocycles. The summed E-state index contributed by atoms with van der Waals surface area (Å²) in [5.41, 5.74) is 1.55. The van der Waals surface area contributed by atoms with Crippen LogP contribution < -0.4 is 0 Å². The zero-order chi connectivity index (χ0) is 7.56. The van der Waals surface area contributed by atoms with Crippen LogP contribution in [0.5, 0.6) is 0 Å². The van der Waals surface area contributed by atoms with Crippen molar-refractivity contribution in [3.05, 3.63) is 22.6 Å². The highest BCUT2D eigenvalue weighted by atomic mass is 32.1. The molecule has 56 valence electrons. The van der Waals surface area contributed by atoms with Crippen LogP contribution in [0.1, 0.15) is 26.7 Å². The number of hydrogen-bond donors (Lipinski definition) is 1. The number of thiol groups is 1. The topological polar surface area (TPSA) is 0 Å². The first-order chi connectivity index (χ1) is 4.74. The molecule has 0 bridgehead atoms. The van der Waals surface area contributed by atoms with Crippen LogP contribution >= 0.6 is 12.6 Å². The van der Waals surface area contributed by atoms with E-state index in [0.29, 0.717) is 5.92 Å². The third-order valence-corrected chi connectivity index (χ3v) is 2.61. The number of rotatable bonds is 1. The van der Waals surface area contributed by atoms with E-state index in [0.717, 1.165) is 0 Å². The molecule has 1 unspecified atom stereocenters. The largest absolute Gasteiger partial charge is 0.148 e. The summed E-state index contributed by atoms with van der Waals surface area (Å²) in [5.74, 6) is 0.642. The van der Waals surface area contributed by atoms with Crippen LogP contribution in [0.15, 0.2) is 22.6 Å². The van der Waals surface area contributed by atoms with Crippen molar-refractivity contribution in [2.75, 3.05) is 0 Å². The Labute approximate surface area is 68.4 Å². The van der Waals surface area contributed by atoms with Gasteiger partial charge in [-0.3, -0.25) is 0 Å². The predicted octanol–water partition coefficient (Wildman–Crippen LogP) is 3.18. The molecular formula is C9H14S. The standard InChI is InChI=1S/C9H14S/c1-3-8-4-5-9(10)7(2)6-8/h4-5,7,10H,3,6H2,1-2H3. The minimum atomic E-state index is 0.642.